The Hall–Kier alpha value is -2.84. The van der Waals surface area contributed by atoms with E-state index in [1.165, 1.54) is 7.05 Å². The van der Waals surface area contributed by atoms with Gasteiger partial charge in [-0.15, -0.1) is 0 Å². The molecule has 0 radical (unpaired) electrons. The number of rotatable bonds is 3. The first kappa shape index (κ1) is 16.6. The number of nitrogens with zero attached hydrogens (tertiary/aromatic N) is 5. The van der Waals surface area contributed by atoms with E-state index in [0.717, 1.165) is 18.4 Å². The van der Waals surface area contributed by atoms with Crippen molar-refractivity contribution >= 4 is 28.6 Å². The first-order valence-electron chi connectivity index (χ1n) is 8.40. The van der Waals surface area contributed by atoms with Gasteiger partial charge in [0.05, 0.1) is 16.6 Å². The number of aromatic nitrogens is 2. The van der Waals surface area contributed by atoms with Gasteiger partial charge in [-0.3, -0.25) is 14.8 Å². The summed E-state index contributed by atoms with van der Waals surface area (Å²) in [6, 6.07) is 3.86. The number of hydrogen-bond acceptors (Lipinski definition) is 3. The number of alkyl halides is 2. The molecule has 1 aliphatic heterocycles. The zero-order chi connectivity index (χ0) is 18.4. The summed E-state index contributed by atoms with van der Waals surface area (Å²) in [4.78, 5) is 26.5. The molecule has 0 bridgehead atoms. The summed E-state index contributed by atoms with van der Waals surface area (Å²) in [6.07, 6.45) is 0.702. The van der Waals surface area contributed by atoms with Crippen LogP contribution in [0.5, 0.6) is 0 Å². The number of hydrogen-bond donors (Lipinski definition) is 1. The van der Waals surface area contributed by atoms with Crippen molar-refractivity contribution in [2.45, 2.75) is 31.9 Å². The van der Waals surface area contributed by atoms with Gasteiger partial charge in [-0.05, 0) is 25.0 Å². The molecule has 0 spiro atoms. The van der Waals surface area contributed by atoms with Crippen LogP contribution >= 0.6 is 0 Å². The summed E-state index contributed by atoms with van der Waals surface area (Å²) in [5.41, 5.74) is 7.95. The summed E-state index contributed by atoms with van der Waals surface area (Å²) in [7, 11) is 1.23. The lowest BCUT2D eigenvalue weighted by Crippen LogP contribution is -2.42. The lowest BCUT2D eigenvalue weighted by atomic mass is 10.1. The molecule has 2 aromatic rings. The van der Waals surface area contributed by atoms with Crippen molar-refractivity contribution in [1.29, 1.82) is 0 Å². The lowest BCUT2D eigenvalue weighted by molar-refractivity contribution is 0.0692. The van der Waals surface area contributed by atoms with Crippen molar-refractivity contribution in [2.24, 2.45) is 15.7 Å². The Kier molecular flexibility index (Phi) is 3.93. The van der Waals surface area contributed by atoms with Crippen molar-refractivity contribution in [3.8, 4) is 0 Å². The maximum atomic E-state index is 13.1. The smallest absolute Gasteiger partial charge is 0.296 e. The van der Waals surface area contributed by atoms with E-state index in [1.54, 1.807) is 12.3 Å². The molecule has 1 amide bonds. The predicted molar refractivity (Wildman–Crippen MR) is 93.9 cm³/mol. The van der Waals surface area contributed by atoms with E-state index in [2.05, 4.69) is 15.0 Å². The molecule has 1 aliphatic carbocycles. The van der Waals surface area contributed by atoms with E-state index in [9.17, 15) is 13.6 Å². The fraction of sp³-hybridized carbons (Fsp3) is 0.412. The van der Waals surface area contributed by atoms with E-state index in [1.807, 2.05) is 15.5 Å². The highest BCUT2D eigenvalue weighted by molar-refractivity contribution is 6.19. The number of carbonyl (C=O) groups excluding carboxylic acids is 1. The fourth-order valence-corrected chi connectivity index (χ4v) is 3.43. The summed E-state index contributed by atoms with van der Waals surface area (Å²) in [5.74, 6) is -1.000. The van der Waals surface area contributed by atoms with Crippen LogP contribution in [0.4, 0.5) is 8.78 Å². The number of halogens is 2. The first-order chi connectivity index (χ1) is 12.5. The van der Waals surface area contributed by atoms with E-state index in [-0.39, 0.29) is 17.8 Å². The number of carbonyl (C=O) groups is 1. The summed E-state index contributed by atoms with van der Waals surface area (Å²) >= 11 is 0. The standard InChI is InChI=1S/C17H18F2N6O/c1-21-16(14(18)19)23-15(20)11-12-10(3-2-6-22-12)25-8-7-24(9-4-5-9)17(26)13(11)25/h2-3,6,9,14H,4-5,7-8H2,1H3,(H2,20,21,23). The maximum Gasteiger partial charge on any atom is 0.296 e. The monoisotopic (exact) mass is 360 g/mol. The second kappa shape index (κ2) is 6.15. The molecule has 26 heavy (non-hydrogen) atoms. The number of pyridine rings is 1. The number of fused-ring (bicyclic) bond motifs is 3. The normalized spacial score (nSPS) is 18.8. The summed E-state index contributed by atoms with van der Waals surface area (Å²) < 4.78 is 27.9. The molecule has 2 N–H and O–H groups in total. The van der Waals surface area contributed by atoms with Crippen LogP contribution in [0.2, 0.25) is 0 Å². The molecule has 7 nitrogen and oxygen atoms in total. The SMILES string of the molecule is CN=C(N=C(N)c1c2n(c3cccnc13)CCN(C1CC1)C2=O)C(F)F. The summed E-state index contributed by atoms with van der Waals surface area (Å²) in [5, 5.41) is 0. The molecule has 136 valence electrons. The Labute approximate surface area is 148 Å². The first-order valence-corrected chi connectivity index (χ1v) is 8.40. The molecule has 2 aromatic heterocycles. The van der Waals surface area contributed by atoms with Crippen LogP contribution in [-0.4, -0.2) is 58.1 Å². The molecule has 0 atom stereocenters. The highest BCUT2D eigenvalue weighted by Crippen LogP contribution is 2.34. The summed E-state index contributed by atoms with van der Waals surface area (Å²) in [6.45, 7) is 1.22. The highest BCUT2D eigenvalue weighted by Gasteiger charge is 2.39. The average Bonchev–Trinajstić information content (AvgIpc) is 3.41. The Morgan fingerprint density at radius 3 is 2.81 bits per heavy atom. The van der Waals surface area contributed by atoms with Crippen molar-refractivity contribution in [2.75, 3.05) is 13.6 Å². The van der Waals surface area contributed by atoms with E-state index < -0.39 is 12.3 Å². The molecule has 1 fully saturated rings. The van der Waals surface area contributed by atoms with Crippen molar-refractivity contribution in [3.63, 3.8) is 0 Å². The third-order valence-electron chi connectivity index (χ3n) is 4.75. The van der Waals surface area contributed by atoms with Crippen LogP contribution in [0.25, 0.3) is 11.0 Å². The average molecular weight is 360 g/mol. The lowest BCUT2D eigenvalue weighted by Gasteiger charge is -2.29. The fourth-order valence-electron chi connectivity index (χ4n) is 3.43. The zero-order valence-corrected chi connectivity index (χ0v) is 14.2. The molecule has 1 saturated carbocycles. The number of amides is 1. The number of aliphatic imine (C=N–C) groups is 2. The van der Waals surface area contributed by atoms with Crippen molar-refractivity contribution in [3.05, 3.63) is 29.6 Å². The largest absolute Gasteiger partial charge is 0.383 e. The highest BCUT2D eigenvalue weighted by atomic mass is 19.3. The van der Waals surface area contributed by atoms with Crippen LogP contribution in [0, 0.1) is 0 Å². The minimum absolute atomic E-state index is 0.156. The Morgan fingerprint density at radius 2 is 2.15 bits per heavy atom. The minimum Gasteiger partial charge on any atom is -0.383 e. The molecule has 3 heterocycles. The minimum atomic E-state index is -2.85. The molecular formula is C17H18F2N6O. The van der Waals surface area contributed by atoms with E-state index in [0.29, 0.717) is 29.9 Å². The molecular weight excluding hydrogens is 342 g/mol. The van der Waals surface area contributed by atoms with Crippen LogP contribution in [-0.2, 0) is 6.54 Å². The van der Waals surface area contributed by atoms with Gasteiger partial charge >= 0.3 is 0 Å². The van der Waals surface area contributed by atoms with Crippen molar-refractivity contribution < 1.29 is 13.6 Å². The molecule has 9 heteroatoms. The van der Waals surface area contributed by atoms with Gasteiger partial charge in [0.1, 0.15) is 11.5 Å². The Bertz CT molecular complexity index is 944. The van der Waals surface area contributed by atoms with Gasteiger partial charge in [0.2, 0.25) is 0 Å². The van der Waals surface area contributed by atoms with Crippen molar-refractivity contribution in [1.82, 2.24) is 14.5 Å². The quantitative estimate of drug-likeness (QED) is 0.667. The van der Waals surface area contributed by atoms with E-state index in [4.69, 9.17) is 5.73 Å². The zero-order valence-electron chi connectivity index (χ0n) is 14.2. The molecule has 0 unspecified atom stereocenters. The van der Waals surface area contributed by atoms with Gasteiger partial charge in [-0.1, -0.05) is 0 Å². The third-order valence-corrected chi connectivity index (χ3v) is 4.75. The Morgan fingerprint density at radius 1 is 1.38 bits per heavy atom. The maximum absolute atomic E-state index is 13.1. The third kappa shape index (κ3) is 2.54. The van der Waals surface area contributed by atoms with Crippen LogP contribution in [0.1, 0.15) is 28.9 Å². The van der Waals surface area contributed by atoms with Gasteiger partial charge in [0, 0.05) is 32.4 Å². The molecule has 0 saturated heterocycles. The van der Waals surface area contributed by atoms with Crippen LogP contribution in [0.3, 0.4) is 0 Å². The van der Waals surface area contributed by atoms with Crippen LogP contribution < -0.4 is 5.73 Å². The van der Waals surface area contributed by atoms with Gasteiger partial charge in [0.25, 0.3) is 12.3 Å². The molecule has 4 rings (SSSR count). The van der Waals surface area contributed by atoms with Gasteiger partial charge in [-0.2, -0.15) is 0 Å². The Balaban J connectivity index is 1.92. The predicted octanol–water partition coefficient (Wildman–Crippen LogP) is 1.65. The van der Waals surface area contributed by atoms with Gasteiger partial charge in [-0.25, -0.2) is 13.8 Å². The number of amidine groups is 2. The number of nitrogens with two attached hydrogens (primary N) is 1. The second-order valence-electron chi connectivity index (χ2n) is 6.36. The van der Waals surface area contributed by atoms with Gasteiger partial charge < -0.3 is 15.2 Å². The van der Waals surface area contributed by atoms with Crippen LogP contribution in [0.15, 0.2) is 28.3 Å². The second-order valence-corrected chi connectivity index (χ2v) is 6.36. The topological polar surface area (TPSA) is 88.9 Å². The van der Waals surface area contributed by atoms with E-state index >= 15 is 0 Å². The molecule has 2 aliphatic rings. The van der Waals surface area contributed by atoms with Gasteiger partial charge in [0.15, 0.2) is 5.84 Å². The molecule has 0 aromatic carbocycles.